The molecule has 0 aromatic carbocycles. The van der Waals surface area contributed by atoms with E-state index in [1.165, 1.54) is 12.8 Å². The molecule has 0 saturated heterocycles. The van der Waals surface area contributed by atoms with Crippen molar-refractivity contribution in [2.45, 2.75) is 64.9 Å². The van der Waals surface area contributed by atoms with E-state index in [0.717, 1.165) is 32.1 Å². The number of aliphatic hydroxyl groups is 2. The summed E-state index contributed by atoms with van der Waals surface area (Å²) in [5.41, 5.74) is 0. The first kappa shape index (κ1) is 13.9. The molecular formula is C12H26O2. The first-order chi connectivity index (χ1) is 6.70. The third-order valence-electron chi connectivity index (χ3n) is 2.69. The molecule has 0 saturated carbocycles. The van der Waals surface area contributed by atoms with E-state index in [-0.39, 0.29) is 12.7 Å². The Labute approximate surface area is 88.3 Å². The maximum Gasteiger partial charge on any atom is 0.0540 e. The zero-order valence-electron chi connectivity index (χ0n) is 9.71. The molecule has 0 heterocycles. The van der Waals surface area contributed by atoms with Crippen LogP contribution in [0.15, 0.2) is 0 Å². The topological polar surface area (TPSA) is 40.5 Å². The molecule has 2 heteroatoms. The van der Waals surface area contributed by atoms with Crippen molar-refractivity contribution < 1.29 is 10.2 Å². The molecule has 0 radical (unpaired) electrons. The SMILES string of the molecule is CCCCCC(O)CCCC(C)CO. The Morgan fingerprint density at radius 2 is 1.64 bits per heavy atom. The summed E-state index contributed by atoms with van der Waals surface area (Å²) >= 11 is 0. The van der Waals surface area contributed by atoms with Gasteiger partial charge in [0.25, 0.3) is 0 Å². The minimum absolute atomic E-state index is 0.118. The highest BCUT2D eigenvalue weighted by molar-refractivity contribution is 4.58. The van der Waals surface area contributed by atoms with E-state index in [9.17, 15) is 5.11 Å². The highest BCUT2D eigenvalue weighted by Crippen LogP contribution is 2.12. The largest absolute Gasteiger partial charge is 0.396 e. The third-order valence-corrected chi connectivity index (χ3v) is 2.69. The molecule has 0 aliphatic carbocycles. The fourth-order valence-electron chi connectivity index (χ4n) is 1.57. The summed E-state index contributed by atoms with van der Waals surface area (Å²) in [7, 11) is 0. The van der Waals surface area contributed by atoms with Gasteiger partial charge in [-0.15, -0.1) is 0 Å². The summed E-state index contributed by atoms with van der Waals surface area (Å²) in [4.78, 5) is 0. The quantitative estimate of drug-likeness (QED) is 0.564. The number of rotatable bonds is 9. The number of unbranched alkanes of at least 4 members (excludes halogenated alkanes) is 2. The Morgan fingerprint density at radius 1 is 1.00 bits per heavy atom. The number of hydrogen-bond acceptors (Lipinski definition) is 2. The molecule has 0 bridgehead atoms. The van der Waals surface area contributed by atoms with Crippen LogP contribution in [0.2, 0.25) is 0 Å². The Bertz CT molecular complexity index is 115. The van der Waals surface area contributed by atoms with Crippen molar-refractivity contribution in [3.63, 3.8) is 0 Å². The Balaban J connectivity index is 3.21. The third kappa shape index (κ3) is 8.52. The van der Waals surface area contributed by atoms with E-state index in [4.69, 9.17) is 5.11 Å². The van der Waals surface area contributed by atoms with Crippen LogP contribution in [-0.2, 0) is 0 Å². The lowest BCUT2D eigenvalue weighted by atomic mass is 10.0. The standard InChI is InChI=1S/C12H26O2/c1-3-4-5-8-12(14)9-6-7-11(2)10-13/h11-14H,3-10H2,1-2H3. The van der Waals surface area contributed by atoms with Crippen molar-refractivity contribution in [2.75, 3.05) is 6.61 Å². The summed E-state index contributed by atoms with van der Waals surface area (Å²) < 4.78 is 0. The molecule has 0 spiro atoms. The number of hydrogen-bond donors (Lipinski definition) is 2. The second-order valence-electron chi connectivity index (χ2n) is 4.37. The molecular weight excluding hydrogens is 176 g/mol. The normalized spacial score (nSPS) is 15.4. The molecule has 0 aliphatic heterocycles. The second-order valence-corrected chi connectivity index (χ2v) is 4.37. The number of aliphatic hydroxyl groups excluding tert-OH is 2. The summed E-state index contributed by atoms with van der Waals surface area (Å²) in [6.45, 7) is 4.49. The van der Waals surface area contributed by atoms with Gasteiger partial charge in [0.1, 0.15) is 0 Å². The smallest absolute Gasteiger partial charge is 0.0540 e. The van der Waals surface area contributed by atoms with Gasteiger partial charge in [-0.05, 0) is 25.2 Å². The first-order valence-electron chi connectivity index (χ1n) is 5.99. The van der Waals surface area contributed by atoms with Crippen LogP contribution in [-0.4, -0.2) is 22.9 Å². The minimum atomic E-state index is -0.118. The maximum absolute atomic E-state index is 9.60. The van der Waals surface area contributed by atoms with Crippen molar-refractivity contribution in [1.29, 1.82) is 0 Å². The van der Waals surface area contributed by atoms with Gasteiger partial charge < -0.3 is 10.2 Å². The monoisotopic (exact) mass is 202 g/mol. The van der Waals surface area contributed by atoms with Crippen LogP contribution in [0, 0.1) is 5.92 Å². The van der Waals surface area contributed by atoms with Gasteiger partial charge in [-0.2, -0.15) is 0 Å². The first-order valence-corrected chi connectivity index (χ1v) is 5.99. The Morgan fingerprint density at radius 3 is 2.21 bits per heavy atom. The van der Waals surface area contributed by atoms with Gasteiger partial charge in [0.05, 0.1) is 6.10 Å². The minimum Gasteiger partial charge on any atom is -0.396 e. The fraction of sp³-hybridized carbons (Fsp3) is 1.00. The zero-order valence-corrected chi connectivity index (χ0v) is 9.71. The summed E-state index contributed by atoms with van der Waals surface area (Å²) in [6, 6.07) is 0. The van der Waals surface area contributed by atoms with Gasteiger partial charge in [0.2, 0.25) is 0 Å². The van der Waals surface area contributed by atoms with Crippen LogP contribution in [0.4, 0.5) is 0 Å². The fourth-order valence-corrected chi connectivity index (χ4v) is 1.57. The van der Waals surface area contributed by atoms with Crippen LogP contribution in [0.5, 0.6) is 0 Å². The van der Waals surface area contributed by atoms with Gasteiger partial charge in [0, 0.05) is 6.61 Å². The van der Waals surface area contributed by atoms with E-state index < -0.39 is 0 Å². The van der Waals surface area contributed by atoms with Crippen LogP contribution < -0.4 is 0 Å². The van der Waals surface area contributed by atoms with E-state index in [2.05, 4.69) is 6.92 Å². The molecule has 86 valence electrons. The van der Waals surface area contributed by atoms with E-state index >= 15 is 0 Å². The zero-order chi connectivity index (χ0) is 10.8. The molecule has 14 heavy (non-hydrogen) atoms. The summed E-state index contributed by atoms with van der Waals surface area (Å²) in [6.07, 6.45) is 7.38. The van der Waals surface area contributed by atoms with Crippen LogP contribution in [0.25, 0.3) is 0 Å². The van der Waals surface area contributed by atoms with Crippen LogP contribution >= 0.6 is 0 Å². The van der Waals surface area contributed by atoms with Crippen molar-refractivity contribution in [2.24, 2.45) is 5.92 Å². The molecule has 0 aromatic rings. The Kier molecular flexibility index (Phi) is 9.42. The summed E-state index contributed by atoms with van der Waals surface area (Å²) in [5, 5.41) is 18.4. The van der Waals surface area contributed by atoms with Crippen LogP contribution in [0.3, 0.4) is 0 Å². The van der Waals surface area contributed by atoms with Crippen molar-refractivity contribution in [3.05, 3.63) is 0 Å². The molecule has 0 aliphatic rings. The van der Waals surface area contributed by atoms with E-state index in [1.807, 2.05) is 6.92 Å². The average molecular weight is 202 g/mol. The molecule has 0 rings (SSSR count). The Hall–Kier alpha value is -0.0800. The molecule has 0 aromatic heterocycles. The lowest BCUT2D eigenvalue weighted by Gasteiger charge is -2.11. The predicted molar refractivity (Wildman–Crippen MR) is 60.2 cm³/mol. The van der Waals surface area contributed by atoms with Crippen molar-refractivity contribution in [3.8, 4) is 0 Å². The maximum atomic E-state index is 9.60. The van der Waals surface area contributed by atoms with Gasteiger partial charge >= 0.3 is 0 Å². The second kappa shape index (κ2) is 9.47. The molecule has 0 amide bonds. The molecule has 2 atom stereocenters. The molecule has 2 unspecified atom stereocenters. The van der Waals surface area contributed by atoms with E-state index in [1.54, 1.807) is 0 Å². The van der Waals surface area contributed by atoms with Gasteiger partial charge in [-0.1, -0.05) is 39.5 Å². The summed E-state index contributed by atoms with van der Waals surface area (Å²) in [5.74, 6) is 0.387. The van der Waals surface area contributed by atoms with Gasteiger partial charge in [-0.3, -0.25) is 0 Å². The van der Waals surface area contributed by atoms with Crippen molar-refractivity contribution in [1.82, 2.24) is 0 Å². The average Bonchev–Trinajstić information content (AvgIpc) is 2.18. The highest BCUT2D eigenvalue weighted by atomic mass is 16.3. The lowest BCUT2D eigenvalue weighted by molar-refractivity contribution is 0.142. The van der Waals surface area contributed by atoms with Crippen molar-refractivity contribution >= 4 is 0 Å². The molecule has 2 N–H and O–H groups in total. The highest BCUT2D eigenvalue weighted by Gasteiger charge is 2.05. The van der Waals surface area contributed by atoms with E-state index in [0.29, 0.717) is 5.92 Å². The van der Waals surface area contributed by atoms with Gasteiger partial charge in [0.15, 0.2) is 0 Å². The van der Waals surface area contributed by atoms with Gasteiger partial charge in [-0.25, -0.2) is 0 Å². The lowest BCUT2D eigenvalue weighted by Crippen LogP contribution is -2.08. The molecule has 2 nitrogen and oxygen atoms in total. The van der Waals surface area contributed by atoms with Crippen LogP contribution in [0.1, 0.15) is 58.8 Å². The predicted octanol–water partition coefficient (Wildman–Crippen LogP) is 2.73. The molecule has 0 fully saturated rings.